The maximum Gasteiger partial charge on any atom is 0.407 e. The first-order chi connectivity index (χ1) is 8.60. The molecule has 0 bridgehead atoms. The second-order valence-electron chi connectivity index (χ2n) is 3.91. The number of ether oxygens (including phenoxy) is 1. The minimum atomic E-state index is -0.908. The largest absolute Gasteiger partial charge is 0.480 e. The number of nitrogens with zero attached hydrogens (tertiary/aromatic N) is 3. The fourth-order valence-electron chi connectivity index (χ4n) is 1.80. The Morgan fingerprint density at radius 1 is 1.72 bits per heavy atom. The molecule has 98 valence electrons. The van der Waals surface area contributed by atoms with E-state index in [9.17, 15) is 4.79 Å². The van der Waals surface area contributed by atoms with Gasteiger partial charge in [0.1, 0.15) is 5.02 Å². The number of rotatable bonds is 3. The topological polar surface area (TPSA) is 87.6 Å². The summed E-state index contributed by atoms with van der Waals surface area (Å²) in [5.74, 6) is 0.677. The summed E-state index contributed by atoms with van der Waals surface area (Å²) in [6.45, 7) is 0.932. The predicted molar refractivity (Wildman–Crippen MR) is 65.2 cm³/mol. The molecular formula is C10H13ClN4O3. The molecule has 1 unspecified atom stereocenters. The highest BCUT2D eigenvalue weighted by molar-refractivity contribution is 6.31. The molecule has 1 saturated heterocycles. The number of carboxylic acid groups (broad SMARTS) is 1. The highest BCUT2D eigenvalue weighted by Gasteiger charge is 2.26. The van der Waals surface area contributed by atoms with E-state index in [1.165, 1.54) is 18.2 Å². The molecule has 0 aliphatic carbocycles. The van der Waals surface area contributed by atoms with Crippen molar-refractivity contribution in [1.29, 1.82) is 0 Å². The van der Waals surface area contributed by atoms with Crippen LogP contribution in [0.2, 0.25) is 5.02 Å². The van der Waals surface area contributed by atoms with Crippen LogP contribution in [0.4, 0.5) is 10.7 Å². The quantitative estimate of drug-likeness (QED) is 0.862. The van der Waals surface area contributed by atoms with Crippen molar-refractivity contribution < 1.29 is 14.6 Å². The van der Waals surface area contributed by atoms with E-state index in [1.54, 1.807) is 0 Å². The number of likely N-dealkylation sites (tertiary alicyclic amines) is 1. The minimum absolute atomic E-state index is 0.00646. The summed E-state index contributed by atoms with van der Waals surface area (Å²) in [5.41, 5.74) is 0. The SMILES string of the molecule is COc1nc(NC2CCN(C(=O)O)C2)ncc1Cl. The number of halogens is 1. The summed E-state index contributed by atoms with van der Waals surface area (Å²) in [6.07, 6.45) is 1.26. The Labute approximate surface area is 109 Å². The van der Waals surface area contributed by atoms with E-state index in [2.05, 4.69) is 15.3 Å². The van der Waals surface area contributed by atoms with Crippen molar-refractivity contribution in [3.8, 4) is 5.88 Å². The molecule has 1 aromatic rings. The van der Waals surface area contributed by atoms with Gasteiger partial charge in [0.2, 0.25) is 11.8 Å². The lowest BCUT2D eigenvalue weighted by Gasteiger charge is -2.14. The summed E-state index contributed by atoms with van der Waals surface area (Å²) in [6, 6.07) is 0.00646. The normalized spacial score (nSPS) is 18.8. The number of anilines is 1. The molecule has 18 heavy (non-hydrogen) atoms. The molecule has 1 aliphatic heterocycles. The Balaban J connectivity index is 2.00. The molecule has 2 heterocycles. The van der Waals surface area contributed by atoms with Crippen molar-refractivity contribution >= 4 is 23.6 Å². The molecule has 1 fully saturated rings. The van der Waals surface area contributed by atoms with Crippen LogP contribution < -0.4 is 10.1 Å². The highest BCUT2D eigenvalue weighted by Crippen LogP contribution is 2.22. The van der Waals surface area contributed by atoms with Crippen molar-refractivity contribution in [3.63, 3.8) is 0 Å². The van der Waals surface area contributed by atoms with Crippen LogP contribution in [-0.4, -0.2) is 52.3 Å². The Bertz CT molecular complexity index is 457. The molecular weight excluding hydrogens is 260 g/mol. The third kappa shape index (κ3) is 2.73. The average Bonchev–Trinajstić information content (AvgIpc) is 2.80. The number of methoxy groups -OCH3 is 1. The van der Waals surface area contributed by atoms with Crippen molar-refractivity contribution in [2.45, 2.75) is 12.5 Å². The first kappa shape index (κ1) is 12.7. The van der Waals surface area contributed by atoms with Gasteiger partial charge in [-0.25, -0.2) is 9.78 Å². The molecule has 8 heteroatoms. The molecule has 0 spiro atoms. The third-order valence-corrected chi connectivity index (χ3v) is 2.96. The van der Waals surface area contributed by atoms with E-state index >= 15 is 0 Å². The lowest BCUT2D eigenvalue weighted by atomic mass is 10.3. The molecule has 1 aliphatic rings. The van der Waals surface area contributed by atoms with Gasteiger partial charge in [-0.1, -0.05) is 11.6 Å². The number of amides is 1. The van der Waals surface area contributed by atoms with Crippen LogP contribution in [0.1, 0.15) is 6.42 Å². The molecule has 0 saturated carbocycles. The summed E-state index contributed by atoms with van der Waals surface area (Å²) in [7, 11) is 1.47. The second-order valence-corrected chi connectivity index (χ2v) is 4.32. The standard InChI is InChI=1S/C10H13ClN4O3/c1-18-8-7(11)4-12-9(14-8)13-6-2-3-15(5-6)10(16)17/h4,6H,2-3,5H2,1H3,(H,16,17)(H,12,13,14). The van der Waals surface area contributed by atoms with Gasteiger partial charge in [0.25, 0.3) is 0 Å². The predicted octanol–water partition coefficient (Wildman–Crippen LogP) is 1.30. The molecule has 2 N–H and O–H groups in total. The van der Waals surface area contributed by atoms with E-state index in [0.717, 1.165) is 6.42 Å². The van der Waals surface area contributed by atoms with Gasteiger partial charge in [-0.15, -0.1) is 0 Å². The lowest BCUT2D eigenvalue weighted by Crippen LogP contribution is -2.30. The number of carbonyl (C=O) groups is 1. The van der Waals surface area contributed by atoms with E-state index in [-0.39, 0.29) is 6.04 Å². The van der Waals surface area contributed by atoms with Crippen LogP contribution in [0.3, 0.4) is 0 Å². The minimum Gasteiger partial charge on any atom is -0.480 e. The van der Waals surface area contributed by atoms with Crippen molar-refractivity contribution in [2.75, 3.05) is 25.5 Å². The molecule has 1 amide bonds. The van der Waals surface area contributed by atoms with Crippen LogP contribution in [-0.2, 0) is 0 Å². The van der Waals surface area contributed by atoms with Crippen LogP contribution in [0, 0.1) is 0 Å². The van der Waals surface area contributed by atoms with Gasteiger partial charge < -0.3 is 20.1 Å². The Hall–Kier alpha value is -1.76. The van der Waals surface area contributed by atoms with Crippen LogP contribution in [0.5, 0.6) is 5.88 Å². The number of hydrogen-bond donors (Lipinski definition) is 2. The first-order valence-electron chi connectivity index (χ1n) is 5.41. The molecule has 2 rings (SSSR count). The monoisotopic (exact) mass is 272 g/mol. The van der Waals surface area contributed by atoms with Crippen molar-refractivity contribution in [1.82, 2.24) is 14.9 Å². The summed E-state index contributed by atoms with van der Waals surface area (Å²) in [5, 5.41) is 12.2. The highest BCUT2D eigenvalue weighted by atomic mass is 35.5. The van der Waals surface area contributed by atoms with Gasteiger partial charge in [-0.2, -0.15) is 4.98 Å². The zero-order valence-corrected chi connectivity index (χ0v) is 10.5. The van der Waals surface area contributed by atoms with Gasteiger partial charge in [-0.05, 0) is 6.42 Å². The zero-order valence-electron chi connectivity index (χ0n) is 9.76. The van der Waals surface area contributed by atoms with E-state index < -0.39 is 6.09 Å². The number of nitrogens with one attached hydrogen (secondary N) is 1. The fourth-order valence-corrected chi connectivity index (χ4v) is 1.97. The number of aromatic nitrogens is 2. The van der Waals surface area contributed by atoms with Gasteiger partial charge >= 0.3 is 6.09 Å². The second kappa shape index (κ2) is 5.26. The lowest BCUT2D eigenvalue weighted by molar-refractivity contribution is 0.155. The van der Waals surface area contributed by atoms with Crippen molar-refractivity contribution in [3.05, 3.63) is 11.2 Å². The Morgan fingerprint density at radius 2 is 2.50 bits per heavy atom. The Kier molecular flexibility index (Phi) is 3.71. The Morgan fingerprint density at radius 3 is 3.11 bits per heavy atom. The van der Waals surface area contributed by atoms with Gasteiger partial charge in [0, 0.05) is 19.1 Å². The summed E-state index contributed by atoms with van der Waals surface area (Å²) < 4.78 is 4.98. The van der Waals surface area contributed by atoms with E-state index in [4.69, 9.17) is 21.4 Å². The third-order valence-electron chi connectivity index (χ3n) is 2.70. The average molecular weight is 273 g/mol. The summed E-state index contributed by atoms with van der Waals surface area (Å²) >= 11 is 5.81. The van der Waals surface area contributed by atoms with Gasteiger partial charge in [0.15, 0.2) is 0 Å². The van der Waals surface area contributed by atoms with Gasteiger partial charge in [-0.3, -0.25) is 0 Å². The van der Waals surface area contributed by atoms with Crippen LogP contribution in [0.15, 0.2) is 6.20 Å². The maximum absolute atomic E-state index is 10.8. The number of hydrogen-bond acceptors (Lipinski definition) is 5. The smallest absolute Gasteiger partial charge is 0.407 e. The maximum atomic E-state index is 10.8. The van der Waals surface area contributed by atoms with Crippen LogP contribution >= 0.6 is 11.6 Å². The fraction of sp³-hybridized carbons (Fsp3) is 0.500. The van der Waals surface area contributed by atoms with Crippen molar-refractivity contribution in [2.24, 2.45) is 0 Å². The molecule has 0 radical (unpaired) electrons. The summed E-state index contributed by atoms with van der Waals surface area (Å²) in [4.78, 5) is 20.2. The molecule has 7 nitrogen and oxygen atoms in total. The van der Waals surface area contributed by atoms with E-state index in [1.807, 2.05) is 0 Å². The molecule has 1 atom stereocenters. The zero-order chi connectivity index (χ0) is 13.1. The van der Waals surface area contributed by atoms with Crippen LogP contribution in [0.25, 0.3) is 0 Å². The first-order valence-corrected chi connectivity index (χ1v) is 5.79. The van der Waals surface area contributed by atoms with E-state index in [0.29, 0.717) is 29.9 Å². The molecule has 1 aromatic heterocycles. The van der Waals surface area contributed by atoms with Gasteiger partial charge in [0.05, 0.1) is 13.3 Å². The molecule has 0 aromatic carbocycles.